The summed E-state index contributed by atoms with van der Waals surface area (Å²) in [5.41, 5.74) is 0.250. The quantitative estimate of drug-likeness (QED) is 0.846. The van der Waals surface area contributed by atoms with E-state index >= 15 is 0 Å². The van der Waals surface area contributed by atoms with Gasteiger partial charge in [0.1, 0.15) is 5.54 Å². The van der Waals surface area contributed by atoms with Crippen molar-refractivity contribution < 1.29 is 14.3 Å². The number of carbonyl (C=O) groups is 1. The molecule has 0 spiro atoms. The lowest BCUT2D eigenvalue weighted by molar-refractivity contribution is -0.155. The van der Waals surface area contributed by atoms with Crippen molar-refractivity contribution in [2.75, 3.05) is 18.5 Å². The third-order valence-corrected chi connectivity index (χ3v) is 3.98. The van der Waals surface area contributed by atoms with E-state index in [0.717, 1.165) is 5.69 Å². The molecule has 116 valence electrons. The van der Waals surface area contributed by atoms with E-state index in [1.807, 2.05) is 37.3 Å². The van der Waals surface area contributed by atoms with Crippen molar-refractivity contribution in [3.63, 3.8) is 0 Å². The van der Waals surface area contributed by atoms with Gasteiger partial charge in [-0.15, -0.1) is 0 Å². The molecule has 0 aliphatic carbocycles. The Morgan fingerprint density at radius 2 is 2.14 bits per heavy atom. The van der Waals surface area contributed by atoms with Crippen LogP contribution in [-0.4, -0.2) is 30.8 Å². The fourth-order valence-corrected chi connectivity index (χ4v) is 2.73. The van der Waals surface area contributed by atoms with Gasteiger partial charge in [-0.25, -0.2) is 4.79 Å². The maximum atomic E-state index is 12.6. The molecule has 21 heavy (non-hydrogen) atoms. The number of para-hydroxylation sites is 1. The Labute approximate surface area is 126 Å². The SMILES string of the molecule is CCOC(=O)C1(Nc2ccccc2)CCOC(C(C)C)C1. The van der Waals surface area contributed by atoms with Crippen molar-refractivity contribution in [3.05, 3.63) is 30.3 Å². The second-order valence-electron chi connectivity index (χ2n) is 5.90. The number of hydrogen-bond acceptors (Lipinski definition) is 4. The van der Waals surface area contributed by atoms with E-state index in [1.54, 1.807) is 0 Å². The van der Waals surface area contributed by atoms with Crippen LogP contribution in [0.4, 0.5) is 5.69 Å². The maximum absolute atomic E-state index is 12.6. The van der Waals surface area contributed by atoms with Crippen LogP contribution in [0.1, 0.15) is 33.6 Å². The summed E-state index contributed by atoms with van der Waals surface area (Å²) in [6, 6.07) is 9.83. The van der Waals surface area contributed by atoms with Crippen molar-refractivity contribution in [2.24, 2.45) is 5.92 Å². The van der Waals surface area contributed by atoms with Crippen LogP contribution >= 0.6 is 0 Å². The van der Waals surface area contributed by atoms with Gasteiger partial charge in [0.05, 0.1) is 12.7 Å². The molecule has 1 aliphatic heterocycles. The molecule has 0 amide bonds. The summed E-state index contributed by atoms with van der Waals surface area (Å²) >= 11 is 0. The predicted octanol–water partition coefficient (Wildman–Crippen LogP) is 3.24. The summed E-state index contributed by atoms with van der Waals surface area (Å²) in [6.45, 7) is 7.04. The smallest absolute Gasteiger partial charge is 0.331 e. The second kappa shape index (κ2) is 6.94. The van der Waals surface area contributed by atoms with Crippen molar-refractivity contribution in [3.8, 4) is 0 Å². The first kappa shape index (κ1) is 15.8. The van der Waals surface area contributed by atoms with E-state index < -0.39 is 5.54 Å². The zero-order chi connectivity index (χ0) is 15.3. The number of ether oxygens (including phenoxy) is 2. The van der Waals surface area contributed by atoms with Crippen molar-refractivity contribution in [2.45, 2.75) is 45.3 Å². The molecule has 0 saturated carbocycles. The lowest BCUT2D eigenvalue weighted by Crippen LogP contribution is -2.54. The Hall–Kier alpha value is -1.55. The van der Waals surface area contributed by atoms with Gasteiger partial charge in [0.25, 0.3) is 0 Å². The number of anilines is 1. The minimum absolute atomic E-state index is 0.0689. The van der Waals surface area contributed by atoms with E-state index in [9.17, 15) is 4.79 Å². The average Bonchev–Trinajstić information content (AvgIpc) is 2.48. The molecule has 1 heterocycles. The Morgan fingerprint density at radius 1 is 1.43 bits per heavy atom. The molecule has 2 atom stereocenters. The summed E-state index contributed by atoms with van der Waals surface area (Å²) in [4.78, 5) is 12.6. The highest BCUT2D eigenvalue weighted by Crippen LogP contribution is 2.33. The van der Waals surface area contributed by atoms with E-state index in [0.29, 0.717) is 32.0 Å². The number of nitrogens with one attached hydrogen (secondary N) is 1. The first-order valence-electron chi connectivity index (χ1n) is 7.69. The van der Waals surface area contributed by atoms with Gasteiger partial charge in [-0.2, -0.15) is 0 Å². The monoisotopic (exact) mass is 291 g/mol. The largest absolute Gasteiger partial charge is 0.464 e. The molecular formula is C17H25NO3. The topological polar surface area (TPSA) is 47.6 Å². The highest BCUT2D eigenvalue weighted by Gasteiger charge is 2.45. The van der Waals surface area contributed by atoms with Gasteiger partial charge in [-0.3, -0.25) is 0 Å². The van der Waals surface area contributed by atoms with Crippen molar-refractivity contribution in [1.82, 2.24) is 0 Å². The number of hydrogen-bond donors (Lipinski definition) is 1. The lowest BCUT2D eigenvalue weighted by atomic mass is 9.83. The van der Waals surface area contributed by atoms with E-state index in [1.165, 1.54) is 0 Å². The Kier molecular flexibility index (Phi) is 5.23. The van der Waals surface area contributed by atoms with Gasteiger partial charge in [0.15, 0.2) is 0 Å². The van der Waals surface area contributed by atoms with Crippen LogP contribution < -0.4 is 5.32 Å². The van der Waals surface area contributed by atoms with Crippen LogP contribution in [0.15, 0.2) is 30.3 Å². The standard InChI is InChI=1S/C17H25NO3/c1-4-20-16(19)17(18-14-8-6-5-7-9-14)10-11-21-15(12-17)13(2)3/h5-9,13,15,18H,4,10-12H2,1-3H3. The summed E-state index contributed by atoms with van der Waals surface area (Å²) in [6.07, 6.45) is 1.34. The van der Waals surface area contributed by atoms with Crippen LogP contribution in [0.25, 0.3) is 0 Å². The molecule has 1 aromatic carbocycles. The van der Waals surface area contributed by atoms with Gasteiger partial charge < -0.3 is 14.8 Å². The van der Waals surface area contributed by atoms with Crippen LogP contribution in [0.3, 0.4) is 0 Å². The molecule has 0 radical (unpaired) electrons. The van der Waals surface area contributed by atoms with Gasteiger partial charge in [0, 0.05) is 25.1 Å². The Balaban J connectivity index is 2.24. The zero-order valence-corrected chi connectivity index (χ0v) is 13.1. The highest BCUT2D eigenvalue weighted by atomic mass is 16.5. The number of benzene rings is 1. The predicted molar refractivity (Wildman–Crippen MR) is 83.2 cm³/mol. The molecule has 1 fully saturated rings. The average molecular weight is 291 g/mol. The summed E-state index contributed by atoms with van der Waals surface area (Å²) in [5, 5.41) is 3.41. The molecule has 1 aliphatic rings. The fraction of sp³-hybridized carbons (Fsp3) is 0.588. The molecule has 0 bridgehead atoms. The number of rotatable bonds is 5. The lowest BCUT2D eigenvalue weighted by Gasteiger charge is -2.41. The molecule has 1 saturated heterocycles. The minimum atomic E-state index is -0.690. The van der Waals surface area contributed by atoms with Gasteiger partial charge in [-0.1, -0.05) is 32.0 Å². The number of carbonyl (C=O) groups excluding carboxylic acids is 1. The van der Waals surface area contributed by atoms with E-state index in [2.05, 4.69) is 19.2 Å². The molecular weight excluding hydrogens is 266 g/mol. The van der Waals surface area contributed by atoms with Crippen LogP contribution in [-0.2, 0) is 14.3 Å². The maximum Gasteiger partial charge on any atom is 0.331 e. The molecule has 1 aromatic rings. The van der Waals surface area contributed by atoms with Crippen LogP contribution in [0.2, 0.25) is 0 Å². The summed E-state index contributed by atoms with van der Waals surface area (Å²) in [7, 11) is 0. The van der Waals surface area contributed by atoms with E-state index in [4.69, 9.17) is 9.47 Å². The fourth-order valence-electron chi connectivity index (χ4n) is 2.73. The Bertz CT molecular complexity index is 460. The first-order chi connectivity index (χ1) is 10.1. The molecule has 2 rings (SSSR count). The summed E-state index contributed by atoms with van der Waals surface area (Å²) < 4.78 is 11.1. The Morgan fingerprint density at radius 3 is 2.76 bits per heavy atom. The third-order valence-electron chi connectivity index (χ3n) is 3.98. The molecule has 0 aromatic heterocycles. The third kappa shape index (κ3) is 3.76. The second-order valence-corrected chi connectivity index (χ2v) is 5.90. The normalized spacial score (nSPS) is 25.6. The van der Waals surface area contributed by atoms with Crippen molar-refractivity contribution >= 4 is 11.7 Å². The van der Waals surface area contributed by atoms with Crippen LogP contribution in [0, 0.1) is 5.92 Å². The van der Waals surface area contributed by atoms with Gasteiger partial charge in [0.2, 0.25) is 0 Å². The summed E-state index contributed by atoms with van der Waals surface area (Å²) in [5.74, 6) is 0.194. The van der Waals surface area contributed by atoms with Gasteiger partial charge in [-0.05, 0) is 25.0 Å². The molecule has 1 N–H and O–H groups in total. The molecule has 4 heteroatoms. The van der Waals surface area contributed by atoms with Crippen LogP contribution in [0.5, 0.6) is 0 Å². The molecule has 2 unspecified atom stereocenters. The zero-order valence-electron chi connectivity index (χ0n) is 13.1. The highest BCUT2D eigenvalue weighted by molar-refractivity contribution is 5.84. The van der Waals surface area contributed by atoms with E-state index in [-0.39, 0.29) is 12.1 Å². The van der Waals surface area contributed by atoms with Crippen molar-refractivity contribution in [1.29, 1.82) is 0 Å². The number of esters is 1. The minimum Gasteiger partial charge on any atom is -0.464 e. The molecule has 4 nitrogen and oxygen atoms in total. The first-order valence-corrected chi connectivity index (χ1v) is 7.69. The van der Waals surface area contributed by atoms with Gasteiger partial charge >= 0.3 is 5.97 Å².